The van der Waals surface area contributed by atoms with Crippen molar-refractivity contribution in [2.24, 2.45) is 0 Å². The molecule has 3 nitrogen and oxygen atoms in total. The first kappa shape index (κ1) is 11.9. The highest BCUT2D eigenvalue weighted by Gasteiger charge is 2.05. The minimum Gasteiger partial charge on any atom is -0.313 e. The van der Waals surface area contributed by atoms with Crippen molar-refractivity contribution in [1.29, 1.82) is 0 Å². The molecule has 2 rings (SSSR count). The molecule has 0 unspecified atom stereocenters. The maximum Gasteiger partial charge on any atom is 0.0690 e. The van der Waals surface area contributed by atoms with Crippen molar-refractivity contribution in [2.45, 2.75) is 27.3 Å². The molecule has 0 atom stereocenters. The predicted octanol–water partition coefficient (Wildman–Crippen LogP) is 2.60. The van der Waals surface area contributed by atoms with Crippen LogP contribution in [0, 0.1) is 13.8 Å². The third-order valence-electron chi connectivity index (χ3n) is 2.77. The lowest BCUT2D eigenvalue weighted by Crippen LogP contribution is -2.14. The minimum absolute atomic E-state index is 0.881. The van der Waals surface area contributed by atoms with E-state index in [1.165, 1.54) is 11.1 Å². The Bertz CT molecular complexity index is 500. The molecule has 17 heavy (non-hydrogen) atoms. The van der Waals surface area contributed by atoms with E-state index in [2.05, 4.69) is 42.5 Å². The van der Waals surface area contributed by atoms with Gasteiger partial charge in [0.25, 0.3) is 0 Å². The van der Waals surface area contributed by atoms with Crippen molar-refractivity contribution in [2.75, 3.05) is 6.54 Å². The zero-order valence-electron chi connectivity index (χ0n) is 10.7. The quantitative estimate of drug-likeness (QED) is 0.873. The van der Waals surface area contributed by atoms with Crippen LogP contribution in [0.5, 0.6) is 0 Å². The molecule has 1 aromatic heterocycles. The second kappa shape index (κ2) is 5.15. The summed E-state index contributed by atoms with van der Waals surface area (Å²) in [5.41, 5.74) is 4.77. The van der Waals surface area contributed by atoms with Crippen LogP contribution < -0.4 is 5.32 Å². The Labute approximate surface area is 102 Å². The molecule has 0 spiro atoms. The average molecular weight is 229 g/mol. The van der Waals surface area contributed by atoms with Gasteiger partial charge in [0.1, 0.15) is 0 Å². The fourth-order valence-corrected chi connectivity index (χ4v) is 1.89. The van der Waals surface area contributed by atoms with E-state index in [1.54, 1.807) is 0 Å². The monoisotopic (exact) mass is 229 g/mol. The van der Waals surface area contributed by atoms with Gasteiger partial charge in [-0.2, -0.15) is 5.10 Å². The summed E-state index contributed by atoms with van der Waals surface area (Å²) in [5, 5.41) is 7.84. The van der Waals surface area contributed by atoms with Crippen LogP contribution in [0.15, 0.2) is 30.5 Å². The normalized spacial score (nSPS) is 10.8. The number of nitrogens with zero attached hydrogens (tertiary/aromatic N) is 2. The van der Waals surface area contributed by atoms with Gasteiger partial charge in [-0.25, -0.2) is 4.68 Å². The number of aryl methyl sites for hydroxylation is 2. The van der Waals surface area contributed by atoms with Crippen LogP contribution in [0.2, 0.25) is 0 Å². The summed E-state index contributed by atoms with van der Waals surface area (Å²) in [6.07, 6.45) is 2.01. The molecule has 1 aromatic carbocycles. The summed E-state index contributed by atoms with van der Waals surface area (Å²) in [7, 11) is 0. The Kier molecular flexibility index (Phi) is 3.59. The van der Waals surface area contributed by atoms with Gasteiger partial charge in [0, 0.05) is 12.7 Å². The molecule has 0 amide bonds. The fourth-order valence-electron chi connectivity index (χ4n) is 1.89. The summed E-state index contributed by atoms with van der Waals surface area (Å²) in [6, 6.07) is 8.50. The fraction of sp³-hybridized carbons (Fsp3) is 0.357. The van der Waals surface area contributed by atoms with Crippen molar-refractivity contribution >= 4 is 0 Å². The second-order valence-corrected chi connectivity index (χ2v) is 4.31. The first-order chi connectivity index (χ1) is 8.20. The summed E-state index contributed by atoms with van der Waals surface area (Å²) in [6.45, 7) is 8.10. The van der Waals surface area contributed by atoms with Gasteiger partial charge in [-0.1, -0.05) is 24.6 Å². The van der Waals surface area contributed by atoms with Gasteiger partial charge >= 0.3 is 0 Å². The van der Waals surface area contributed by atoms with E-state index in [0.717, 1.165) is 24.5 Å². The second-order valence-electron chi connectivity index (χ2n) is 4.31. The third-order valence-corrected chi connectivity index (χ3v) is 2.77. The molecule has 1 N–H and O–H groups in total. The minimum atomic E-state index is 0.881. The zero-order chi connectivity index (χ0) is 12.3. The summed E-state index contributed by atoms with van der Waals surface area (Å²) in [5.74, 6) is 0. The third kappa shape index (κ3) is 2.74. The molecule has 0 saturated heterocycles. The van der Waals surface area contributed by atoms with Crippen molar-refractivity contribution in [3.8, 4) is 5.69 Å². The van der Waals surface area contributed by atoms with E-state index in [0.29, 0.717) is 0 Å². The number of aromatic nitrogens is 2. The van der Waals surface area contributed by atoms with Crippen molar-refractivity contribution in [1.82, 2.24) is 15.1 Å². The molecule has 0 aliphatic rings. The van der Waals surface area contributed by atoms with Gasteiger partial charge in [-0.3, -0.25) is 0 Å². The molecule has 3 heteroatoms. The maximum atomic E-state index is 4.47. The molecular weight excluding hydrogens is 210 g/mol. The molecule has 0 fully saturated rings. The van der Waals surface area contributed by atoms with E-state index in [4.69, 9.17) is 0 Å². The molecular formula is C14H19N3. The van der Waals surface area contributed by atoms with Gasteiger partial charge in [-0.15, -0.1) is 0 Å². The van der Waals surface area contributed by atoms with Crippen LogP contribution >= 0.6 is 0 Å². The largest absolute Gasteiger partial charge is 0.313 e. The standard InChI is InChI=1S/C14H19N3/c1-4-15-10-13-9-11(2)5-6-14(13)17-8-7-12(3)16-17/h5-9,15H,4,10H2,1-3H3. The van der Waals surface area contributed by atoms with Gasteiger partial charge in [-0.05, 0) is 38.1 Å². The molecule has 0 aliphatic carbocycles. The highest BCUT2D eigenvalue weighted by Crippen LogP contribution is 2.16. The molecule has 90 valence electrons. The number of nitrogens with one attached hydrogen (secondary N) is 1. The zero-order valence-corrected chi connectivity index (χ0v) is 10.7. The lowest BCUT2D eigenvalue weighted by Gasteiger charge is -2.11. The van der Waals surface area contributed by atoms with Crippen LogP contribution in [0.25, 0.3) is 5.69 Å². The SMILES string of the molecule is CCNCc1cc(C)ccc1-n1ccc(C)n1. The first-order valence-corrected chi connectivity index (χ1v) is 6.03. The van der Waals surface area contributed by atoms with Crippen LogP contribution in [0.4, 0.5) is 0 Å². The van der Waals surface area contributed by atoms with Crippen LogP contribution in [-0.2, 0) is 6.54 Å². The van der Waals surface area contributed by atoms with E-state index in [9.17, 15) is 0 Å². The number of hydrogen-bond acceptors (Lipinski definition) is 2. The Morgan fingerprint density at radius 3 is 2.71 bits per heavy atom. The smallest absolute Gasteiger partial charge is 0.0690 e. The molecule has 0 saturated carbocycles. The van der Waals surface area contributed by atoms with Crippen molar-refractivity contribution in [3.05, 3.63) is 47.3 Å². The van der Waals surface area contributed by atoms with E-state index < -0.39 is 0 Å². The first-order valence-electron chi connectivity index (χ1n) is 6.03. The Hall–Kier alpha value is -1.61. The summed E-state index contributed by atoms with van der Waals surface area (Å²) < 4.78 is 1.95. The van der Waals surface area contributed by atoms with Gasteiger partial charge in [0.05, 0.1) is 11.4 Å². The Morgan fingerprint density at radius 2 is 2.06 bits per heavy atom. The van der Waals surface area contributed by atoms with Crippen LogP contribution in [-0.4, -0.2) is 16.3 Å². The molecule has 1 heterocycles. The lowest BCUT2D eigenvalue weighted by atomic mass is 10.1. The average Bonchev–Trinajstić information content (AvgIpc) is 2.73. The topological polar surface area (TPSA) is 29.9 Å². The van der Waals surface area contributed by atoms with Gasteiger partial charge in [0.2, 0.25) is 0 Å². The maximum absolute atomic E-state index is 4.47. The highest BCUT2D eigenvalue weighted by molar-refractivity contribution is 5.43. The summed E-state index contributed by atoms with van der Waals surface area (Å²) >= 11 is 0. The molecule has 2 aromatic rings. The molecule has 0 bridgehead atoms. The molecule has 0 radical (unpaired) electrons. The van der Waals surface area contributed by atoms with E-state index in [-0.39, 0.29) is 0 Å². The highest BCUT2D eigenvalue weighted by atomic mass is 15.3. The van der Waals surface area contributed by atoms with Crippen molar-refractivity contribution in [3.63, 3.8) is 0 Å². The molecule has 0 aliphatic heterocycles. The Balaban J connectivity index is 2.38. The predicted molar refractivity (Wildman–Crippen MR) is 70.4 cm³/mol. The van der Waals surface area contributed by atoms with E-state index >= 15 is 0 Å². The van der Waals surface area contributed by atoms with Crippen LogP contribution in [0.3, 0.4) is 0 Å². The van der Waals surface area contributed by atoms with E-state index in [1.807, 2.05) is 23.9 Å². The van der Waals surface area contributed by atoms with Gasteiger partial charge < -0.3 is 5.32 Å². The van der Waals surface area contributed by atoms with Crippen molar-refractivity contribution < 1.29 is 0 Å². The summed E-state index contributed by atoms with van der Waals surface area (Å²) in [4.78, 5) is 0. The number of hydrogen-bond donors (Lipinski definition) is 1. The van der Waals surface area contributed by atoms with Crippen LogP contribution in [0.1, 0.15) is 23.7 Å². The van der Waals surface area contributed by atoms with Gasteiger partial charge in [0.15, 0.2) is 0 Å². The number of benzene rings is 1. The number of rotatable bonds is 4. The Morgan fingerprint density at radius 1 is 1.24 bits per heavy atom. The lowest BCUT2D eigenvalue weighted by molar-refractivity contribution is 0.715.